The summed E-state index contributed by atoms with van der Waals surface area (Å²) < 4.78 is 42.4. The molecule has 0 radical (unpaired) electrons. The largest absolute Gasteiger partial charge is 0.333 e. The Balaban J connectivity index is 1.67. The number of carbonyl (C=O) groups excluding carboxylic acids is 1. The van der Waals surface area contributed by atoms with Gasteiger partial charge in [0, 0.05) is 13.1 Å². The van der Waals surface area contributed by atoms with Crippen LogP contribution < -0.4 is 4.72 Å². The van der Waals surface area contributed by atoms with Crippen molar-refractivity contribution in [3.8, 4) is 0 Å². The first-order valence-corrected chi connectivity index (χ1v) is 13.1. The first kappa shape index (κ1) is 25.3. The second-order valence-electron chi connectivity index (χ2n) is 8.48. The van der Waals surface area contributed by atoms with Crippen LogP contribution in [0.2, 0.25) is 0 Å². The van der Waals surface area contributed by atoms with Crippen molar-refractivity contribution in [3.05, 3.63) is 138 Å². The number of rotatable bonds is 10. The number of nitrogens with zero attached hydrogens (tertiary/aromatic N) is 1. The molecule has 4 aromatic rings. The molecule has 0 heterocycles. The molecule has 0 aromatic heterocycles. The van der Waals surface area contributed by atoms with Crippen molar-refractivity contribution in [1.82, 2.24) is 9.62 Å². The van der Waals surface area contributed by atoms with Crippen LogP contribution in [0.25, 0.3) is 0 Å². The SMILES string of the molecule is O=C([C@@H](Cc1ccccc1)NS(=O)(=O)c1ccc(F)cc1)N(Cc1ccccc1)Cc1ccccc1. The van der Waals surface area contributed by atoms with E-state index in [0.717, 1.165) is 28.8 Å². The molecule has 5 nitrogen and oxygen atoms in total. The van der Waals surface area contributed by atoms with Crippen LogP contribution in [0.1, 0.15) is 16.7 Å². The van der Waals surface area contributed by atoms with Crippen LogP contribution in [0, 0.1) is 5.82 Å². The van der Waals surface area contributed by atoms with Crippen molar-refractivity contribution >= 4 is 15.9 Å². The van der Waals surface area contributed by atoms with Gasteiger partial charge in [-0.25, -0.2) is 12.8 Å². The van der Waals surface area contributed by atoms with E-state index in [-0.39, 0.29) is 17.2 Å². The zero-order valence-corrected chi connectivity index (χ0v) is 20.4. The van der Waals surface area contributed by atoms with E-state index in [1.54, 1.807) is 4.90 Å². The van der Waals surface area contributed by atoms with Gasteiger partial charge in [-0.15, -0.1) is 0 Å². The highest BCUT2D eigenvalue weighted by atomic mass is 32.2. The highest BCUT2D eigenvalue weighted by molar-refractivity contribution is 7.89. The number of halogens is 1. The summed E-state index contributed by atoms with van der Waals surface area (Å²) in [5.41, 5.74) is 2.68. The zero-order valence-electron chi connectivity index (χ0n) is 19.6. The molecule has 184 valence electrons. The van der Waals surface area contributed by atoms with Gasteiger partial charge in [-0.05, 0) is 47.4 Å². The predicted octanol–water partition coefficient (Wildman–Crippen LogP) is 4.94. The third-order valence-electron chi connectivity index (χ3n) is 5.75. The van der Waals surface area contributed by atoms with Gasteiger partial charge in [-0.3, -0.25) is 4.79 Å². The fraction of sp³-hybridized carbons (Fsp3) is 0.138. The highest BCUT2D eigenvalue weighted by Gasteiger charge is 2.30. The Morgan fingerprint density at radius 3 is 1.61 bits per heavy atom. The van der Waals surface area contributed by atoms with Crippen molar-refractivity contribution in [1.29, 1.82) is 0 Å². The molecule has 4 rings (SSSR count). The van der Waals surface area contributed by atoms with E-state index in [9.17, 15) is 17.6 Å². The third-order valence-corrected chi connectivity index (χ3v) is 7.23. The van der Waals surface area contributed by atoms with E-state index in [2.05, 4.69) is 4.72 Å². The minimum atomic E-state index is -4.08. The summed E-state index contributed by atoms with van der Waals surface area (Å²) in [4.78, 5) is 15.5. The zero-order chi connectivity index (χ0) is 25.4. The maximum Gasteiger partial charge on any atom is 0.241 e. The molecular weight excluding hydrogens is 475 g/mol. The first-order chi connectivity index (χ1) is 17.4. The van der Waals surface area contributed by atoms with Gasteiger partial charge in [0.05, 0.1) is 4.90 Å². The van der Waals surface area contributed by atoms with Crippen LogP contribution in [0.3, 0.4) is 0 Å². The van der Waals surface area contributed by atoms with Crippen LogP contribution in [-0.4, -0.2) is 25.3 Å². The average molecular weight is 503 g/mol. The van der Waals surface area contributed by atoms with Crippen LogP contribution >= 0.6 is 0 Å². The van der Waals surface area contributed by atoms with Crippen LogP contribution in [-0.2, 0) is 34.3 Å². The quantitative estimate of drug-likeness (QED) is 0.334. The summed E-state index contributed by atoms with van der Waals surface area (Å²) in [5.74, 6) is -0.889. The summed E-state index contributed by atoms with van der Waals surface area (Å²) >= 11 is 0. The Kier molecular flexibility index (Phi) is 8.25. The van der Waals surface area contributed by atoms with Crippen LogP contribution in [0.5, 0.6) is 0 Å². The molecule has 1 atom stereocenters. The number of nitrogens with one attached hydrogen (secondary N) is 1. The molecule has 0 fully saturated rings. The smallest absolute Gasteiger partial charge is 0.241 e. The topological polar surface area (TPSA) is 66.5 Å². The molecule has 0 unspecified atom stereocenters. The molecular formula is C29H27FN2O3S. The summed E-state index contributed by atoms with van der Waals surface area (Å²) in [6.07, 6.45) is 0.167. The summed E-state index contributed by atoms with van der Waals surface area (Å²) in [6.45, 7) is 0.635. The number of hydrogen-bond acceptors (Lipinski definition) is 3. The lowest BCUT2D eigenvalue weighted by atomic mass is 10.0. The molecule has 4 aromatic carbocycles. The molecule has 0 aliphatic rings. The normalized spacial score (nSPS) is 12.1. The van der Waals surface area contributed by atoms with E-state index >= 15 is 0 Å². The minimum absolute atomic E-state index is 0.104. The number of hydrogen-bond donors (Lipinski definition) is 1. The van der Waals surface area contributed by atoms with Gasteiger partial charge < -0.3 is 4.90 Å². The standard InChI is InChI=1S/C29H27FN2O3S/c30-26-16-18-27(19-17-26)36(34,35)31-28(20-23-10-4-1-5-11-23)29(33)32(21-24-12-6-2-7-13-24)22-25-14-8-3-9-15-25/h1-19,28,31H,20-22H2/t28-/m1/s1. The van der Waals surface area contributed by atoms with Crippen LogP contribution in [0.15, 0.2) is 120 Å². The minimum Gasteiger partial charge on any atom is -0.333 e. The molecule has 0 aliphatic heterocycles. The van der Waals surface area contributed by atoms with E-state index in [4.69, 9.17) is 0 Å². The third kappa shape index (κ3) is 6.87. The van der Waals surface area contributed by atoms with E-state index in [1.807, 2.05) is 91.0 Å². The van der Waals surface area contributed by atoms with Gasteiger partial charge in [0.25, 0.3) is 0 Å². The second kappa shape index (κ2) is 11.7. The Hall–Kier alpha value is -3.81. The van der Waals surface area contributed by atoms with Gasteiger partial charge in [0.15, 0.2) is 0 Å². The van der Waals surface area contributed by atoms with Crippen molar-refractivity contribution in [3.63, 3.8) is 0 Å². The lowest BCUT2D eigenvalue weighted by molar-refractivity contribution is -0.134. The lowest BCUT2D eigenvalue weighted by Gasteiger charge is -2.28. The Morgan fingerprint density at radius 2 is 1.14 bits per heavy atom. The molecule has 1 amide bonds. The molecule has 0 saturated heterocycles. The lowest BCUT2D eigenvalue weighted by Crippen LogP contribution is -2.49. The number of sulfonamides is 1. The highest BCUT2D eigenvalue weighted by Crippen LogP contribution is 2.17. The second-order valence-corrected chi connectivity index (χ2v) is 10.2. The molecule has 1 N–H and O–H groups in total. The molecule has 0 saturated carbocycles. The molecule has 36 heavy (non-hydrogen) atoms. The van der Waals surface area contributed by atoms with E-state index in [1.165, 1.54) is 12.1 Å². The van der Waals surface area contributed by atoms with Crippen molar-refractivity contribution in [2.45, 2.75) is 30.4 Å². The number of amides is 1. The van der Waals surface area contributed by atoms with Crippen molar-refractivity contribution < 1.29 is 17.6 Å². The maximum atomic E-state index is 14.0. The van der Waals surface area contributed by atoms with Gasteiger partial charge in [0.2, 0.25) is 15.9 Å². The summed E-state index contributed by atoms with van der Waals surface area (Å²) in [7, 11) is -4.08. The first-order valence-electron chi connectivity index (χ1n) is 11.6. The van der Waals surface area contributed by atoms with Crippen molar-refractivity contribution in [2.24, 2.45) is 0 Å². The molecule has 0 aliphatic carbocycles. The van der Waals surface area contributed by atoms with E-state index in [0.29, 0.717) is 13.1 Å². The Bertz CT molecular complexity index is 1320. The molecule has 0 bridgehead atoms. The summed E-state index contributed by atoms with van der Waals surface area (Å²) in [5, 5.41) is 0. The number of carbonyl (C=O) groups is 1. The molecule has 7 heteroatoms. The fourth-order valence-electron chi connectivity index (χ4n) is 3.94. The van der Waals surface area contributed by atoms with E-state index < -0.39 is 21.9 Å². The summed E-state index contributed by atoms with van der Waals surface area (Å²) in [6, 6.07) is 31.9. The monoisotopic (exact) mass is 502 g/mol. The average Bonchev–Trinajstić information content (AvgIpc) is 2.89. The predicted molar refractivity (Wildman–Crippen MR) is 138 cm³/mol. The Morgan fingerprint density at radius 1 is 0.694 bits per heavy atom. The van der Waals surface area contributed by atoms with Gasteiger partial charge in [-0.1, -0.05) is 91.0 Å². The number of benzene rings is 4. The van der Waals surface area contributed by atoms with Gasteiger partial charge in [-0.2, -0.15) is 4.72 Å². The van der Waals surface area contributed by atoms with Gasteiger partial charge in [0.1, 0.15) is 11.9 Å². The maximum absolute atomic E-state index is 14.0. The fourth-order valence-corrected chi connectivity index (χ4v) is 5.13. The van der Waals surface area contributed by atoms with Crippen molar-refractivity contribution in [2.75, 3.05) is 0 Å². The van der Waals surface area contributed by atoms with Crippen LogP contribution in [0.4, 0.5) is 4.39 Å². The molecule has 0 spiro atoms. The Labute approximate surface area is 211 Å². The van der Waals surface area contributed by atoms with Gasteiger partial charge >= 0.3 is 0 Å².